The first-order valence-corrected chi connectivity index (χ1v) is 10.6. The van der Waals surface area contributed by atoms with Crippen LogP contribution in [-0.4, -0.2) is 39.5 Å². The van der Waals surface area contributed by atoms with Crippen LogP contribution in [0.5, 0.6) is 5.75 Å². The molecule has 2 aromatic carbocycles. The van der Waals surface area contributed by atoms with E-state index in [2.05, 4.69) is 10.0 Å². The predicted octanol–water partition coefficient (Wildman–Crippen LogP) is 2.32. The van der Waals surface area contributed by atoms with Crippen LogP contribution in [0.15, 0.2) is 59.5 Å². The van der Waals surface area contributed by atoms with Crippen molar-refractivity contribution in [2.45, 2.75) is 31.3 Å². The molecule has 9 heteroatoms. The van der Waals surface area contributed by atoms with Gasteiger partial charge in [0, 0.05) is 12.2 Å². The average molecular weight is 420 g/mol. The summed E-state index contributed by atoms with van der Waals surface area (Å²) < 4.78 is 36.9. The van der Waals surface area contributed by atoms with Crippen LogP contribution < -0.4 is 14.8 Å². The minimum Gasteiger partial charge on any atom is -0.494 e. The zero-order valence-corrected chi connectivity index (χ0v) is 17.1. The fourth-order valence-corrected chi connectivity index (χ4v) is 3.38. The van der Waals surface area contributed by atoms with Crippen molar-refractivity contribution < 1.29 is 27.5 Å². The van der Waals surface area contributed by atoms with E-state index in [1.807, 2.05) is 6.92 Å². The molecule has 0 aromatic heterocycles. The number of sulfonamides is 1. The highest BCUT2D eigenvalue weighted by molar-refractivity contribution is 7.89. The molecule has 156 valence electrons. The quantitative estimate of drug-likeness (QED) is 0.571. The molecule has 0 radical (unpaired) electrons. The lowest BCUT2D eigenvalue weighted by Gasteiger charge is -2.14. The van der Waals surface area contributed by atoms with Crippen molar-refractivity contribution in [3.8, 4) is 5.75 Å². The standard InChI is InChI=1S/C20H24N2O6S/c1-3-27-17-11-9-16(10-12-17)22-20(24)15(2)28-19(23)13-14-21-29(25,26)18-7-5-4-6-8-18/h4-12,15,21H,3,13-14H2,1-2H3,(H,22,24)/t15-/m0/s1. The van der Waals surface area contributed by atoms with E-state index < -0.39 is 28.0 Å². The van der Waals surface area contributed by atoms with Gasteiger partial charge in [-0.25, -0.2) is 13.1 Å². The van der Waals surface area contributed by atoms with E-state index in [0.29, 0.717) is 18.0 Å². The second kappa shape index (κ2) is 10.6. The smallest absolute Gasteiger partial charge is 0.307 e. The van der Waals surface area contributed by atoms with Gasteiger partial charge < -0.3 is 14.8 Å². The van der Waals surface area contributed by atoms with Crippen LogP contribution in [0, 0.1) is 0 Å². The number of rotatable bonds is 10. The molecule has 1 atom stereocenters. The maximum absolute atomic E-state index is 12.1. The third-order valence-corrected chi connectivity index (χ3v) is 5.26. The van der Waals surface area contributed by atoms with Crippen molar-refractivity contribution >= 4 is 27.6 Å². The summed E-state index contributed by atoms with van der Waals surface area (Å²) in [6, 6.07) is 14.6. The molecule has 1 amide bonds. The monoisotopic (exact) mass is 420 g/mol. The molecule has 0 fully saturated rings. The Morgan fingerprint density at radius 1 is 1.03 bits per heavy atom. The number of amides is 1. The summed E-state index contributed by atoms with van der Waals surface area (Å²) in [5.41, 5.74) is 0.539. The molecule has 0 saturated carbocycles. The van der Waals surface area contributed by atoms with Gasteiger partial charge in [0.25, 0.3) is 5.91 Å². The molecular formula is C20H24N2O6S. The molecular weight excluding hydrogens is 396 g/mol. The van der Waals surface area contributed by atoms with E-state index in [1.54, 1.807) is 42.5 Å². The maximum Gasteiger partial charge on any atom is 0.307 e. The van der Waals surface area contributed by atoms with Gasteiger partial charge in [0.05, 0.1) is 17.9 Å². The zero-order chi connectivity index (χ0) is 21.3. The van der Waals surface area contributed by atoms with Crippen LogP contribution in [0.2, 0.25) is 0 Å². The molecule has 0 saturated heterocycles. The van der Waals surface area contributed by atoms with Gasteiger partial charge in [0.2, 0.25) is 10.0 Å². The van der Waals surface area contributed by atoms with Gasteiger partial charge >= 0.3 is 5.97 Å². The Morgan fingerprint density at radius 3 is 2.31 bits per heavy atom. The Bertz CT molecular complexity index is 914. The molecule has 2 aromatic rings. The zero-order valence-electron chi connectivity index (χ0n) is 16.3. The topological polar surface area (TPSA) is 111 Å². The number of ether oxygens (including phenoxy) is 2. The number of hydrogen-bond donors (Lipinski definition) is 2. The van der Waals surface area contributed by atoms with Gasteiger partial charge in [-0.05, 0) is 50.2 Å². The number of hydrogen-bond acceptors (Lipinski definition) is 6. The molecule has 0 aliphatic rings. The second-order valence-electron chi connectivity index (χ2n) is 6.04. The molecule has 0 spiro atoms. The third-order valence-electron chi connectivity index (χ3n) is 3.79. The summed E-state index contributed by atoms with van der Waals surface area (Å²) in [4.78, 5) is 24.1. The molecule has 8 nitrogen and oxygen atoms in total. The number of carbonyl (C=O) groups is 2. The van der Waals surface area contributed by atoms with Crippen molar-refractivity contribution in [3.05, 3.63) is 54.6 Å². The molecule has 2 N–H and O–H groups in total. The highest BCUT2D eigenvalue weighted by Gasteiger charge is 2.19. The highest BCUT2D eigenvalue weighted by Crippen LogP contribution is 2.16. The Morgan fingerprint density at radius 2 is 1.69 bits per heavy atom. The first kappa shape index (κ1) is 22.4. The van der Waals surface area contributed by atoms with Gasteiger partial charge in [-0.1, -0.05) is 18.2 Å². The third kappa shape index (κ3) is 7.20. The first-order valence-electron chi connectivity index (χ1n) is 9.09. The predicted molar refractivity (Wildman–Crippen MR) is 108 cm³/mol. The van der Waals surface area contributed by atoms with E-state index in [-0.39, 0.29) is 17.9 Å². The number of esters is 1. The lowest BCUT2D eigenvalue weighted by molar-refractivity contribution is -0.152. The summed E-state index contributed by atoms with van der Waals surface area (Å²) in [6.07, 6.45) is -1.23. The van der Waals surface area contributed by atoms with E-state index >= 15 is 0 Å². The summed E-state index contributed by atoms with van der Waals surface area (Å²) in [5, 5.41) is 2.64. The van der Waals surface area contributed by atoms with Crippen LogP contribution in [0.4, 0.5) is 5.69 Å². The lowest BCUT2D eigenvalue weighted by Crippen LogP contribution is -2.32. The maximum atomic E-state index is 12.1. The Labute approximate surface area is 170 Å². The molecule has 0 aliphatic heterocycles. The fraction of sp³-hybridized carbons (Fsp3) is 0.300. The van der Waals surface area contributed by atoms with Gasteiger partial charge in [0.1, 0.15) is 5.75 Å². The largest absolute Gasteiger partial charge is 0.494 e. The number of carbonyl (C=O) groups excluding carboxylic acids is 2. The summed E-state index contributed by atoms with van der Waals surface area (Å²) in [5.74, 6) is -0.495. The lowest BCUT2D eigenvalue weighted by atomic mass is 10.3. The Balaban J connectivity index is 1.77. The minimum absolute atomic E-state index is 0.108. The van der Waals surface area contributed by atoms with E-state index in [4.69, 9.17) is 9.47 Å². The van der Waals surface area contributed by atoms with Gasteiger partial charge in [0.15, 0.2) is 6.10 Å². The highest BCUT2D eigenvalue weighted by atomic mass is 32.2. The number of nitrogens with one attached hydrogen (secondary N) is 2. The van der Waals surface area contributed by atoms with E-state index in [1.165, 1.54) is 19.1 Å². The van der Waals surface area contributed by atoms with Crippen molar-refractivity contribution in [2.75, 3.05) is 18.5 Å². The van der Waals surface area contributed by atoms with Crippen molar-refractivity contribution in [3.63, 3.8) is 0 Å². The van der Waals surface area contributed by atoms with E-state index in [9.17, 15) is 18.0 Å². The Hall–Kier alpha value is -2.91. The number of anilines is 1. The summed E-state index contributed by atoms with van der Waals surface area (Å²) in [7, 11) is -3.70. The van der Waals surface area contributed by atoms with Crippen LogP contribution in [0.25, 0.3) is 0 Å². The number of benzene rings is 2. The minimum atomic E-state index is -3.70. The molecule has 2 rings (SSSR count). The molecule has 0 unspecified atom stereocenters. The second-order valence-corrected chi connectivity index (χ2v) is 7.81. The molecule has 29 heavy (non-hydrogen) atoms. The SMILES string of the molecule is CCOc1ccc(NC(=O)[C@H](C)OC(=O)CCNS(=O)(=O)c2ccccc2)cc1. The van der Waals surface area contributed by atoms with Crippen LogP contribution in [-0.2, 0) is 24.3 Å². The molecule has 0 bridgehead atoms. The van der Waals surface area contributed by atoms with Gasteiger partial charge in [-0.15, -0.1) is 0 Å². The van der Waals surface area contributed by atoms with Gasteiger partial charge in [-0.2, -0.15) is 0 Å². The normalized spacial score (nSPS) is 12.1. The van der Waals surface area contributed by atoms with Crippen LogP contribution in [0.1, 0.15) is 20.3 Å². The van der Waals surface area contributed by atoms with E-state index in [0.717, 1.165) is 0 Å². The van der Waals surface area contributed by atoms with Crippen molar-refractivity contribution in [1.29, 1.82) is 0 Å². The van der Waals surface area contributed by atoms with Gasteiger partial charge in [-0.3, -0.25) is 9.59 Å². The van der Waals surface area contributed by atoms with Crippen LogP contribution in [0.3, 0.4) is 0 Å². The average Bonchev–Trinajstić information content (AvgIpc) is 2.70. The van der Waals surface area contributed by atoms with Crippen LogP contribution >= 0.6 is 0 Å². The molecule has 0 aliphatic carbocycles. The first-order chi connectivity index (χ1) is 13.8. The molecule has 0 heterocycles. The van der Waals surface area contributed by atoms with Crippen molar-refractivity contribution in [1.82, 2.24) is 4.72 Å². The fourth-order valence-electron chi connectivity index (χ4n) is 2.33. The summed E-state index contributed by atoms with van der Waals surface area (Å²) in [6.45, 7) is 3.72. The summed E-state index contributed by atoms with van der Waals surface area (Å²) >= 11 is 0. The Kier molecular flexibility index (Phi) is 8.17. The van der Waals surface area contributed by atoms with Crippen molar-refractivity contribution in [2.24, 2.45) is 0 Å².